The van der Waals surface area contributed by atoms with Gasteiger partial charge in [-0.15, -0.1) is 0 Å². The van der Waals surface area contributed by atoms with Gasteiger partial charge in [-0.2, -0.15) is 5.10 Å². The number of anilines is 1. The SMILES string of the molecule is O=C(O)C1=NN(c2cccc(Cl)c2)[C@H](c2ccccc2)C1. The zero-order valence-corrected chi connectivity index (χ0v) is 11.9. The lowest BCUT2D eigenvalue weighted by molar-refractivity contribution is -0.129. The average molecular weight is 301 g/mol. The maximum Gasteiger partial charge on any atom is 0.352 e. The van der Waals surface area contributed by atoms with Crippen LogP contribution < -0.4 is 5.01 Å². The van der Waals surface area contributed by atoms with E-state index in [4.69, 9.17) is 11.6 Å². The fourth-order valence-corrected chi connectivity index (χ4v) is 2.62. The van der Waals surface area contributed by atoms with Gasteiger partial charge in [0.25, 0.3) is 0 Å². The fourth-order valence-electron chi connectivity index (χ4n) is 2.43. The van der Waals surface area contributed by atoms with E-state index in [1.807, 2.05) is 42.5 Å². The average Bonchev–Trinajstić information content (AvgIpc) is 2.93. The van der Waals surface area contributed by atoms with Gasteiger partial charge in [-0.1, -0.05) is 48.0 Å². The van der Waals surface area contributed by atoms with Crippen molar-refractivity contribution in [3.05, 3.63) is 65.2 Å². The van der Waals surface area contributed by atoms with Crippen LogP contribution in [0.4, 0.5) is 5.69 Å². The molecule has 0 spiro atoms. The van der Waals surface area contributed by atoms with Crippen molar-refractivity contribution in [2.24, 2.45) is 5.10 Å². The molecular formula is C16H13ClN2O2. The largest absolute Gasteiger partial charge is 0.477 e. The van der Waals surface area contributed by atoms with E-state index in [1.54, 1.807) is 17.1 Å². The highest BCUT2D eigenvalue weighted by Gasteiger charge is 2.32. The molecule has 1 N–H and O–H groups in total. The van der Waals surface area contributed by atoms with Crippen LogP contribution in [0.2, 0.25) is 5.02 Å². The first-order valence-electron chi connectivity index (χ1n) is 6.55. The molecule has 5 heteroatoms. The number of benzene rings is 2. The van der Waals surface area contributed by atoms with Crippen LogP contribution in [0.15, 0.2) is 59.7 Å². The summed E-state index contributed by atoms with van der Waals surface area (Å²) < 4.78 is 0. The number of halogens is 1. The number of aliphatic carboxylic acids is 1. The number of nitrogens with zero attached hydrogens (tertiary/aromatic N) is 2. The molecule has 21 heavy (non-hydrogen) atoms. The van der Waals surface area contributed by atoms with E-state index in [2.05, 4.69) is 5.10 Å². The lowest BCUT2D eigenvalue weighted by atomic mass is 10.0. The molecule has 0 aliphatic carbocycles. The highest BCUT2D eigenvalue weighted by Crippen LogP contribution is 2.35. The molecule has 0 radical (unpaired) electrons. The molecule has 1 aliphatic rings. The van der Waals surface area contributed by atoms with E-state index in [-0.39, 0.29) is 11.8 Å². The van der Waals surface area contributed by atoms with Gasteiger partial charge >= 0.3 is 5.97 Å². The Balaban J connectivity index is 2.02. The van der Waals surface area contributed by atoms with E-state index >= 15 is 0 Å². The van der Waals surface area contributed by atoms with Crippen LogP contribution in [0.1, 0.15) is 18.0 Å². The topological polar surface area (TPSA) is 52.9 Å². The fraction of sp³-hybridized carbons (Fsp3) is 0.125. The van der Waals surface area contributed by atoms with Crippen LogP contribution in [0, 0.1) is 0 Å². The Hall–Kier alpha value is -2.33. The van der Waals surface area contributed by atoms with Gasteiger partial charge in [-0.25, -0.2) is 4.79 Å². The van der Waals surface area contributed by atoms with Gasteiger partial charge in [-0.05, 0) is 23.8 Å². The summed E-state index contributed by atoms with van der Waals surface area (Å²) >= 11 is 6.02. The molecule has 1 heterocycles. The number of carboxylic acid groups (broad SMARTS) is 1. The minimum absolute atomic E-state index is 0.129. The lowest BCUT2D eigenvalue weighted by Crippen LogP contribution is -2.18. The molecule has 4 nitrogen and oxygen atoms in total. The monoisotopic (exact) mass is 300 g/mol. The zero-order valence-electron chi connectivity index (χ0n) is 11.1. The van der Waals surface area contributed by atoms with Crippen molar-refractivity contribution in [3.8, 4) is 0 Å². The molecule has 2 aromatic carbocycles. The summed E-state index contributed by atoms with van der Waals surface area (Å²) in [6, 6.07) is 16.9. The Kier molecular flexibility index (Phi) is 3.62. The molecule has 0 unspecified atom stereocenters. The molecule has 0 saturated heterocycles. The van der Waals surface area contributed by atoms with E-state index in [9.17, 15) is 9.90 Å². The van der Waals surface area contributed by atoms with Crippen molar-refractivity contribution in [1.29, 1.82) is 0 Å². The van der Waals surface area contributed by atoms with E-state index in [1.165, 1.54) is 0 Å². The zero-order chi connectivity index (χ0) is 14.8. The van der Waals surface area contributed by atoms with E-state index < -0.39 is 5.97 Å². The second-order valence-electron chi connectivity index (χ2n) is 4.81. The second-order valence-corrected chi connectivity index (χ2v) is 5.24. The number of hydrogen-bond acceptors (Lipinski definition) is 3. The van der Waals surface area contributed by atoms with Crippen molar-refractivity contribution in [2.75, 3.05) is 5.01 Å². The molecule has 1 atom stereocenters. The third-order valence-electron chi connectivity index (χ3n) is 3.41. The Morgan fingerprint density at radius 2 is 1.95 bits per heavy atom. The standard InChI is InChI=1S/C16H13ClN2O2/c17-12-7-4-8-13(9-12)19-15(10-14(18-19)16(20)21)11-5-2-1-3-6-11/h1-9,15H,10H2,(H,20,21)/t15-/m0/s1. The van der Waals surface area contributed by atoms with Crippen LogP contribution in [0.5, 0.6) is 0 Å². The van der Waals surface area contributed by atoms with Crippen molar-refractivity contribution in [1.82, 2.24) is 0 Å². The number of hydrogen-bond donors (Lipinski definition) is 1. The van der Waals surface area contributed by atoms with Gasteiger partial charge < -0.3 is 5.11 Å². The number of hydrazone groups is 1. The number of rotatable bonds is 3. The summed E-state index contributed by atoms with van der Waals surface area (Å²) in [7, 11) is 0. The van der Waals surface area contributed by atoms with Gasteiger partial charge in [0.2, 0.25) is 0 Å². The number of carbonyl (C=O) groups is 1. The highest BCUT2D eigenvalue weighted by molar-refractivity contribution is 6.36. The van der Waals surface area contributed by atoms with Crippen molar-refractivity contribution in [3.63, 3.8) is 0 Å². The predicted octanol–water partition coefficient (Wildman–Crippen LogP) is 3.73. The Bertz CT molecular complexity index is 700. The molecule has 0 saturated carbocycles. The van der Waals surface area contributed by atoms with Gasteiger partial charge in [0.15, 0.2) is 0 Å². The normalized spacial score (nSPS) is 17.7. The minimum atomic E-state index is -0.986. The van der Waals surface area contributed by atoms with Crippen LogP contribution in [0.3, 0.4) is 0 Å². The molecule has 0 aromatic heterocycles. The summed E-state index contributed by atoms with van der Waals surface area (Å²) in [4.78, 5) is 11.2. The van der Waals surface area contributed by atoms with Gasteiger partial charge in [-0.3, -0.25) is 5.01 Å². The maximum atomic E-state index is 11.2. The summed E-state index contributed by atoms with van der Waals surface area (Å²) in [6.07, 6.45) is 0.367. The first-order chi connectivity index (χ1) is 10.1. The first-order valence-corrected chi connectivity index (χ1v) is 6.93. The Morgan fingerprint density at radius 1 is 1.19 bits per heavy atom. The molecule has 106 valence electrons. The van der Waals surface area contributed by atoms with E-state index in [0.29, 0.717) is 11.4 Å². The third kappa shape index (κ3) is 2.76. The molecular weight excluding hydrogens is 288 g/mol. The van der Waals surface area contributed by atoms with Gasteiger partial charge in [0, 0.05) is 11.4 Å². The van der Waals surface area contributed by atoms with Crippen LogP contribution in [0.25, 0.3) is 0 Å². The lowest BCUT2D eigenvalue weighted by Gasteiger charge is -2.24. The van der Waals surface area contributed by atoms with Gasteiger partial charge in [0.1, 0.15) is 5.71 Å². The molecule has 1 aliphatic heterocycles. The predicted molar refractivity (Wildman–Crippen MR) is 82.8 cm³/mol. The van der Waals surface area contributed by atoms with Crippen LogP contribution in [-0.2, 0) is 4.79 Å². The van der Waals surface area contributed by atoms with E-state index in [0.717, 1.165) is 11.3 Å². The molecule has 0 fully saturated rings. The Labute approximate surface area is 127 Å². The minimum Gasteiger partial charge on any atom is -0.477 e. The molecule has 2 aromatic rings. The van der Waals surface area contributed by atoms with Crippen LogP contribution >= 0.6 is 11.6 Å². The highest BCUT2D eigenvalue weighted by atomic mass is 35.5. The smallest absolute Gasteiger partial charge is 0.352 e. The summed E-state index contributed by atoms with van der Waals surface area (Å²) in [6.45, 7) is 0. The van der Waals surface area contributed by atoms with Crippen molar-refractivity contribution >= 4 is 29.0 Å². The molecule has 0 bridgehead atoms. The van der Waals surface area contributed by atoms with Gasteiger partial charge in [0.05, 0.1) is 11.7 Å². The van der Waals surface area contributed by atoms with Crippen LogP contribution in [-0.4, -0.2) is 16.8 Å². The summed E-state index contributed by atoms with van der Waals surface area (Å²) in [5.41, 5.74) is 1.97. The second kappa shape index (κ2) is 5.58. The number of carboxylic acids is 1. The van der Waals surface area contributed by atoms with Crippen molar-refractivity contribution in [2.45, 2.75) is 12.5 Å². The molecule has 0 amide bonds. The Morgan fingerprint density at radius 3 is 2.62 bits per heavy atom. The molecule has 3 rings (SSSR count). The summed E-state index contributed by atoms with van der Waals surface area (Å²) in [5, 5.41) is 15.8. The quantitative estimate of drug-likeness (QED) is 0.939. The maximum absolute atomic E-state index is 11.2. The van der Waals surface area contributed by atoms with Crippen molar-refractivity contribution < 1.29 is 9.90 Å². The first kappa shape index (κ1) is 13.6. The summed E-state index contributed by atoms with van der Waals surface area (Å²) in [5.74, 6) is -0.986. The third-order valence-corrected chi connectivity index (χ3v) is 3.65.